The summed E-state index contributed by atoms with van der Waals surface area (Å²) in [5.41, 5.74) is 1.75. The summed E-state index contributed by atoms with van der Waals surface area (Å²) in [7, 11) is -10.6. The van der Waals surface area contributed by atoms with E-state index in [4.69, 9.17) is 0 Å². The number of aromatic hydroxyl groups is 2. The highest BCUT2D eigenvalue weighted by Crippen LogP contribution is 2.45. The molecule has 49 heavy (non-hydrogen) atoms. The van der Waals surface area contributed by atoms with Crippen molar-refractivity contribution in [3.63, 3.8) is 0 Å². The lowest BCUT2D eigenvalue weighted by molar-refractivity contribution is 0.474. The SMILES string of the molecule is CCS(=O)(=O)c1ccc(/N=N/c2c(NC)ccc3c(O)c(/N=N/c4ccc5cc(S(=O)(=O)CC)cc(S(=O)(=O)O)c5c4O)ccc23)c(C)c1. The van der Waals surface area contributed by atoms with Gasteiger partial charge in [0.15, 0.2) is 31.2 Å². The first-order valence-corrected chi connectivity index (χ1v) is 19.4. The van der Waals surface area contributed by atoms with Crippen molar-refractivity contribution in [3.05, 3.63) is 72.3 Å². The van der Waals surface area contributed by atoms with Crippen molar-refractivity contribution in [1.29, 1.82) is 0 Å². The molecule has 0 aliphatic carbocycles. The number of hydrogen-bond acceptors (Lipinski definition) is 13. The molecule has 0 radical (unpaired) electrons. The van der Waals surface area contributed by atoms with Gasteiger partial charge in [0.1, 0.15) is 22.0 Å². The number of rotatable bonds is 10. The molecule has 0 unspecified atom stereocenters. The van der Waals surface area contributed by atoms with E-state index >= 15 is 0 Å². The fourth-order valence-corrected chi connectivity index (χ4v) is 7.79. The van der Waals surface area contributed by atoms with Crippen LogP contribution in [0.5, 0.6) is 11.5 Å². The first-order chi connectivity index (χ1) is 23.0. The minimum absolute atomic E-state index is 0.0185. The predicted octanol–water partition coefficient (Wildman–Crippen LogP) is 7.42. The van der Waals surface area contributed by atoms with Crippen LogP contribution in [0, 0.1) is 6.92 Å². The summed E-state index contributed by atoms with van der Waals surface area (Å²) in [4.78, 5) is -0.980. The molecular weight excluding hydrogens is 695 g/mol. The summed E-state index contributed by atoms with van der Waals surface area (Å²) in [5, 5.41) is 42.5. The number of phenolic OH excluding ortho intramolecular Hbond substituents is 2. The molecule has 0 fully saturated rings. The van der Waals surface area contributed by atoms with Gasteiger partial charge in [-0.3, -0.25) is 4.55 Å². The summed E-state index contributed by atoms with van der Waals surface area (Å²) in [5.74, 6) is -1.34. The number of nitrogens with one attached hydrogen (secondary N) is 1. The Hall–Kier alpha value is -4.97. The first kappa shape index (κ1) is 35.3. The normalized spacial score (nSPS) is 12.8. The number of nitrogens with zero attached hydrogens (tertiary/aromatic N) is 4. The molecule has 0 saturated carbocycles. The number of benzene rings is 5. The second-order valence-electron chi connectivity index (χ2n) is 10.8. The van der Waals surface area contributed by atoms with Gasteiger partial charge in [-0.25, -0.2) is 16.8 Å². The Kier molecular flexibility index (Phi) is 9.48. The Labute approximate surface area is 282 Å². The van der Waals surface area contributed by atoms with Crippen molar-refractivity contribution in [1.82, 2.24) is 0 Å². The molecular formula is C32H31N5O9S3. The van der Waals surface area contributed by atoms with E-state index in [0.29, 0.717) is 33.4 Å². The number of anilines is 1. The van der Waals surface area contributed by atoms with E-state index in [1.807, 2.05) is 0 Å². The average molecular weight is 726 g/mol. The van der Waals surface area contributed by atoms with Crippen molar-refractivity contribution < 1.29 is 40.0 Å². The number of aryl methyl sites for hydroxylation is 1. The van der Waals surface area contributed by atoms with Gasteiger partial charge in [-0.1, -0.05) is 19.9 Å². The monoisotopic (exact) mass is 725 g/mol. The molecule has 256 valence electrons. The second-order valence-corrected chi connectivity index (χ2v) is 16.8. The number of hydrogen-bond donors (Lipinski definition) is 4. The molecule has 14 nitrogen and oxygen atoms in total. The van der Waals surface area contributed by atoms with E-state index in [0.717, 1.165) is 6.07 Å². The minimum atomic E-state index is -4.98. The van der Waals surface area contributed by atoms with Crippen molar-refractivity contribution >= 4 is 79.8 Å². The lowest BCUT2D eigenvalue weighted by Crippen LogP contribution is -2.07. The van der Waals surface area contributed by atoms with Gasteiger partial charge in [0.05, 0.1) is 32.7 Å². The summed E-state index contributed by atoms with van der Waals surface area (Å²) in [6.45, 7) is 4.67. The van der Waals surface area contributed by atoms with E-state index < -0.39 is 40.4 Å². The fraction of sp³-hybridized carbons (Fsp3) is 0.188. The van der Waals surface area contributed by atoms with E-state index in [-0.39, 0.29) is 49.2 Å². The van der Waals surface area contributed by atoms with Gasteiger partial charge in [-0.15, -0.1) is 15.3 Å². The first-order valence-electron chi connectivity index (χ1n) is 14.7. The molecule has 5 aromatic carbocycles. The van der Waals surface area contributed by atoms with Crippen molar-refractivity contribution in [2.24, 2.45) is 20.5 Å². The number of azo groups is 2. The average Bonchev–Trinajstić information content (AvgIpc) is 3.07. The van der Waals surface area contributed by atoms with Gasteiger partial charge in [0.2, 0.25) is 0 Å². The van der Waals surface area contributed by atoms with E-state index in [1.165, 1.54) is 43.3 Å². The maximum atomic E-state index is 12.5. The van der Waals surface area contributed by atoms with Crippen LogP contribution in [-0.2, 0) is 29.8 Å². The molecule has 0 spiro atoms. The van der Waals surface area contributed by atoms with Crippen LogP contribution in [0.3, 0.4) is 0 Å². The molecule has 0 bridgehead atoms. The van der Waals surface area contributed by atoms with E-state index in [9.17, 15) is 40.0 Å². The van der Waals surface area contributed by atoms with Gasteiger partial charge in [0.25, 0.3) is 10.1 Å². The molecule has 5 aromatic rings. The van der Waals surface area contributed by atoms with Gasteiger partial charge < -0.3 is 15.5 Å². The standard InChI is InChI=1S/C32H31N5O9S3/c1-5-47(40,41)20-8-12-24(18(3)15-20)34-37-30-22-9-14-26(31(38)23(22)10-13-25(30)33-4)35-36-27-11-7-19-16-21(48(42,43)6-2)17-28(49(44,45)46)29(19)32(27)39/h7-17,33,38-39H,5-6H2,1-4H3,(H,44,45,46)/b36-35+,37-34+. The van der Waals surface area contributed by atoms with Crippen molar-refractivity contribution in [3.8, 4) is 11.5 Å². The molecule has 0 aromatic heterocycles. The summed E-state index contributed by atoms with van der Waals surface area (Å²) in [6.07, 6.45) is 0. The number of fused-ring (bicyclic) bond motifs is 2. The Morgan fingerprint density at radius 3 is 1.84 bits per heavy atom. The van der Waals surface area contributed by atoms with Gasteiger partial charge in [-0.2, -0.15) is 13.5 Å². The van der Waals surface area contributed by atoms with Gasteiger partial charge in [0, 0.05) is 23.2 Å². The molecule has 5 rings (SSSR count). The maximum absolute atomic E-state index is 12.5. The minimum Gasteiger partial charge on any atom is -0.505 e. The Morgan fingerprint density at radius 1 is 0.653 bits per heavy atom. The zero-order chi connectivity index (χ0) is 35.9. The van der Waals surface area contributed by atoms with Crippen molar-refractivity contribution in [2.45, 2.75) is 35.5 Å². The van der Waals surface area contributed by atoms with Crippen molar-refractivity contribution in [2.75, 3.05) is 23.9 Å². The topological polar surface area (TPSA) is 225 Å². The largest absolute Gasteiger partial charge is 0.505 e. The van der Waals surface area contributed by atoms with Crippen LogP contribution in [0.15, 0.2) is 102 Å². The highest BCUT2D eigenvalue weighted by atomic mass is 32.2. The molecule has 0 heterocycles. The highest BCUT2D eigenvalue weighted by Gasteiger charge is 2.24. The molecule has 4 N–H and O–H groups in total. The molecule has 0 saturated heterocycles. The predicted molar refractivity (Wildman–Crippen MR) is 186 cm³/mol. The molecule has 0 aliphatic heterocycles. The quantitative estimate of drug-likeness (QED) is 0.0823. The van der Waals surface area contributed by atoms with Crippen LogP contribution < -0.4 is 5.32 Å². The number of phenols is 2. The van der Waals surface area contributed by atoms with Gasteiger partial charge >= 0.3 is 0 Å². The second kappa shape index (κ2) is 13.1. The highest BCUT2D eigenvalue weighted by molar-refractivity contribution is 7.91. The molecule has 0 aliphatic rings. The van der Waals surface area contributed by atoms with Crippen LogP contribution in [0.1, 0.15) is 19.4 Å². The third-order valence-electron chi connectivity index (χ3n) is 7.85. The summed E-state index contributed by atoms with van der Waals surface area (Å²) < 4.78 is 83.8. The third kappa shape index (κ3) is 6.82. The van der Waals surface area contributed by atoms with Crippen LogP contribution in [0.25, 0.3) is 21.5 Å². The molecule has 0 atom stereocenters. The van der Waals surface area contributed by atoms with Gasteiger partial charge in [-0.05, 0) is 78.5 Å². The zero-order valence-electron chi connectivity index (χ0n) is 26.6. The lowest BCUT2D eigenvalue weighted by atomic mass is 10.1. The van der Waals surface area contributed by atoms with E-state index in [1.54, 1.807) is 45.2 Å². The van der Waals surface area contributed by atoms with Crippen LogP contribution in [0.4, 0.5) is 28.4 Å². The molecule has 17 heteroatoms. The summed E-state index contributed by atoms with van der Waals surface area (Å²) >= 11 is 0. The van der Waals surface area contributed by atoms with Crippen LogP contribution in [0.2, 0.25) is 0 Å². The Bertz CT molecular complexity index is 2550. The van der Waals surface area contributed by atoms with Crippen LogP contribution in [-0.4, -0.2) is 58.6 Å². The Morgan fingerprint density at radius 2 is 1.22 bits per heavy atom. The van der Waals surface area contributed by atoms with E-state index in [2.05, 4.69) is 25.8 Å². The third-order valence-corrected chi connectivity index (χ3v) is 12.2. The summed E-state index contributed by atoms with van der Waals surface area (Å²) in [6, 6.07) is 15.5. The number of sulfone groups is 2. The smallest absolute Gasteiger partial charge is 0.295 e. The maximum Gasteiger partial charge on any atom is 0.295 e. The Balaban J connectivity index is 1.56. The molecule has 0 amide bonds. The lowest BCUT2D eigenvalue weighted by Gasteiger charge is -2.12. The van der Waals surface area contributed by atoms with Crippen LogP contribution >= 0.6 is 0 Å². The fourth-order valence-electron chi connectivity index (χ4n) is 5.07. The zero-order valence-corrected chi connectivity index (χ0v) is 29.0.